The van der Waals surface area contributed by atoms with Gasteiger partial charge in [-0.3, -0.25) is 4.99 Å². The molecule has 0 spiro atoms. The quantitative estimate of drug-likeness (QED) is 0.366. The van der Waals surface area contributed by atoms with Gasteiger partial charge in [0.15, 0.2) is 0 Å². The third-order valence-electron chi connectivity index (χ3n) is 4.88. The molecule has 0 aliphatic heterocycles. The molecule has 2 heteroatoms. The number of nitrogens with zero attached hydrogens (tertiary/aromatic N) is 1. The zero-order chi connectivity index (χ0) is 19.0. The van der Waals surface area contributed by atoms with Gasteiger partial charge in [0.05, 0.1) is 5.71 Å². The predicted molar refractivity (Wildman–Crippen MR) is 116 cm³/mol. The molecule has 27 heavy (non-hydrogen) atoms. The van der Waals surface area contributed by atoms with E-state index >= 15 is 0 Å². The fourth-order valence-corrected chi connectivity index (χ4v) is 3.59. The highest BCUT2D eigenvalue weighted by Crippen LogP contribution is 2.35. The van der Waals surface area contributed by atoms with Crippen molar-refractivity contribution in [2.75, 3.05) is 7.05 Å². The molecule has 0 atom stereocenters. The first kappa shape index (κ1) is 17.3. The van der Waals surface area contributed by atoms with Crippen LogP contribution in [0, 0.1) is 6.92 Å². The van der Waals surface area contributed by atoms with Gasteiger partial charge in [-0.15, -0.1) is 0 Å². The first-order valence-corrected chi connectivity index (χ1v) is 9.22. The highest BCUT2D eigenvalue weighted by molar-refractivity contribution is 6.20. The number of benzene rings is 3. The minimum absolute atomic E-state index is 0.908. The fraction of sp³-hybridized carbons (Fsp3) is 0.160. The lowest BCUT2D eigenvalue weighted by Gasteiger charge is -2.07. The third kappa shape index (κ3) is 3.08. The molecule has 0 N–H and O–H groups in total. The van der Waals surface area contributed by atoms with Crippen LogP contribution in [0.25, 0.3) is 33.1 Å². The lowest BCUT2D eigenvalue weighted by molar-refractivity contribution is 0.668. The van der Waals surface area contributed by atoms with Gasteiger partial charge in [0, 0.05) is 23.4 Å². The molecule has 134 valence electrons. The van der Waals surface area contributed by atoms with E-state index in [9.17, 15) is 0 Å². The summed E-state index contributed by atoms with van der Waals surface area (Å²) in [6.45, 7) is 6.29. The summed E-state index contributed by atoms with van der Waals surface area (Å²) in [5.74, 6) is 0. The van der Waals surface area contributed by atoms with Gasteiger partial charge in [-0.25, -0.2) is 0 Å². The number of rotatable bonds is 3. The Kier molecular flexibility index (Phi) is 4.41. The molecule has 2 nitrogen and oxygen atoms in total. The van der Waals surface area contributed by atoms with E-state index in [0.29, 0.717) is 0 Å². The van der Waals surface area contributed by atoms with Crippen molar-refractivity contribution in [1.82, 2.24) is 0 Å². The van der Waals surface area contributed by atoms with Crippen molar-refractivity contribution in [2.24, 2.45) is 4.99 Å². The van der Waals surface area contributed by atoms with E-state index in [1.807, 2.05) is 13.1 Å². The van der Waals surface area contributed by atoms with Crippen LogP contribution in [0.4, 0.5) is 0 Å². The van der Waals surface area contributed by atoms with Gasteiger partial charge in [-0.2, -0.15) is 0 Å². The molecular weight excluding hydrogens is 330 g/mol. The molecule has 0 unspecified atom stereocenters. The van der Waals surface area contributed by atoms with Gasteiger partial charge in [-0.05, 0) is 55.7 Å². The monoisotopic (exact) mass is 353 g/mol. The molecular formula is C25H23NO. The predicted octanol–water partition coefficient (Wildman–Crippen LogP) is 6.95. The minimum Gasteiger partial charge on any atom is -0.455 e. The summed E-state index contributed by atoms with van der Waals surface area (Å²) < 4.78 is 6.38. The Labute approximate surface area is 159 Å². The smallest absolute Gasteiger partial charge is 0.145 e. The average molecular weight is 353 g/mol. The van der Waals surface area contributed by atoms with Gasteiger partial charge < -0.3 is 4.42 Å². The average Bonchev–Trinajstić information content (AvgIpc) is 3.04. The molecule has 0 aliphatic rings. The number of fused-ring (bicyclic) bond motifs is 3. The van der Waals surface area contributed by atoms with Crippen LogP contribution in [0.2, 0.25) is 0 Å². The zero-order valence-corrected chi connectivity index (χ0v) is 16.2. The maximum atomic E-state index is 6.38. The van der Waals surface area contributed by atoms with Crippen LogP contribution in [-0.2, 0) is 0 Å². The Balaban J connectivity index is 1.98. The first-order valence-electron chi connectivity index (χ1n) is 9.22. The summed E-state index contributed by atoms with van der Waals surface area (Å²) in [6, 6.07) is 21.2. The molecule has 0 saturated heterocycles. The molecule has 0 bridgehead atoms. The van der Waals surface area contributed by atoms with Crippen LogP contribution >= 0.6 is 0 Å². The SMILES string of the molecule is CN=C(C=C(C)C)c1c(C)ccc2c1oc1cc(-c3ccccc3)ccc12. The van der Waals surface area contributed by atoms with Crippen LogP contribution < -0.4 is 0 Å². The lowest BCUT2D eigenvalue weighted by Crippen LogP contribution is -2.01. The first-order chi connectivity index (χ1) is 13.1. The summed E-state index contributed by atoms with van der Waals surface area (Å²) in [5.41, 5.74) is 8.59. The second-order valence-corrected chi connectivity index (χ2v) is 7.14. The summed E-state index contributed by atoms with van der Waals surface area (Å²) in [4.78, 5) is 4.52. The number of hydrogen-bond donors (Lipinski definition) is 0. The normalized spacial score (nSPS) is 11.9. The van der Waals surface area contributed by atoms with Crippen molar-refractivity contribution in [1.29, 1.82) is 0 Å². The number of allylic oxidation sites excluding steroid dienone is 2. The Morgan fingerprint density at radius 1 is 0.889 bits per heavy atom. The van der Waals surface area contributed by atoms with E-state index in [2.05, 4.69) is 86.4 Å². The van der Waals surface area contributed by atoms with E-state index in [1.54, 1.807) is 0 Å². The van der Waals surface area contributed by atoms with Gasteiger partial charge >= 0.3 is 0 Å². The Morgan fingerprint density at radius 3 is 2.33 bits per heavy atom. The van der Waals surface area contributed by atoms with Gasteiger partial charge in [0.2, 0.25) is 0 Å². The number of aryl methyl sites for hydroxylation is 1. The van der Waals surface area contributed by atoms with Crippen LogP contribution in [0.3, 0.4) is 0 Å². The highest BCUT2D eigenvalue weighted by atomic mass is 16.3. The second-order valence-electron chi connectivity index (χ2n) is 7.14. The van der Waals surface area contributed by atoms with E-state index in [1.165, 1.54) is 16.7 Å². The molecule has 4 aromatic rings. The molecule has 1 heterocycles. The molecule has 0 radical (unpaired) electrons. The minimum atomic E-state index is 0.908. The maximum absolute atomic E-state index is 6.38. The summed E-state index contributed by atoms with van der Waals surface area (Å²) in [5, 5.41) is 2.27. The van der Waals surface area contributed by atoms with Crippen LogP contribution in [-0.4, -0.2) is 12.8 Å². The standard InChI is InChI=1S/C25H23NO/c1-16(2)14-22(26-4)24-17(3)10-12-21-20-13-11-19(15-23(20)27-25(21)24)18-8-6-5-7-9-18/h5-15H,1-4H3. The van der Waals surface area contributed by atoms with Crippen molar-refractivity contribution in [3.05, 3.63) is 83.4 Å². The van der Waals surface area contributed by atoms with Crippen molar-refractivity contribution < 1.29 is 4.42 Å². The molecule has 4 rings (SSSR count). The Morgan fingerprint density at radius 2 is 1.63 bits per heavy atom. The van der Waals surface area contributed by atoms with Crippen molar-refractivity contribution in [2.45, 2.75) is 20.8 Å². The van der Waals surface area contributed by atoms with E-state index < -0.39 is 0 Å². The summed E-state index contributed by atoms with van der Waals surface area (Å²) in [7, 11) is 1.84. The largest absolute Gasteiger partial charge is 0.455 e. The topological polar surface area (TPSA) is 25.5 Å². The Bertz CT molecular complexity index is 1190. The third-order valence-corrected chi connectivity index (χ3v) is 4.88. The number of hydrogen-bond acceptors (Lipinski definition) is 2. The molecule has 1 aromatic heterocycles. The molecule has 0 fully saturated rings. The molecule has 3 aromatic carbocycles. The number of aliphatic imine (C=N–C) groups is 1. The highest BCUT2D eigenvalue weighted by Gasteiger charge is 2.16. The van der Waals surface area contributed by atoms with Crippen molar-refractivity contribution >= 4 is 27.7 Å². The van der Waals surface area contributed by atoms with Gasteiger partial charge in [0.25, 0.3) is 0 Å². The van der Waals surface area contributed by atoms with Gasteiger partial charge in [-0.1, -0.05) is 54.1 Å². The molecule has 0 aliphatic carbocycles. The van der Waals surface area contributed by atoms with E-state index in [-0.39, 0.29) is 0 Å². The fourth-order valence-electron chi connectivity index (χ4n) is 3.59. The van der Waals surface area contributed by atoms with Crippen molar-refractivity contribution in [3.63, 3.8) is 0 Å². The van der Waals surface area contributed by atoms with E-state index in [4.69, 9.17) is 4.42 Å². The van der Waals surface area contributed by atoms with E-state index in [0.717, 1.165) is 38.8 Å². The number of furan rings is 1. The van der Waals surface area contributed by atoms with Crippen LogP contribution in [0.1, 0.15) is 25.0 Å². The van der Waals surface area contributed by atoms with Crippen molar-refractivity contribution in [3.8, 4) is 11.1 Å². The van der Waals surface area contributed by atoms with Crippen LogP contribution in [0.15, 0.2) is 81.7 Å². The molecule has 0 saturated carbocycles. The molecule has 0 amide bonds. The summed E-state index contributed by atoms with van der Waals surface area (Å²) in [6.07, 6.45) is 2.12. The maximum Gasteiger partial charge on any atom is 0.145 e. The van der Waals surface area contributed by atoms with Crippen LogP contribution in [0.5, 0.6) is 0 Å². The van der Waals surface area contributed by atoms with Gasteiger partial charge in [0.1, 0.15) is 11.2 Å². The summed E-state index contributed by atoms with van der Waals surface area (Å²) >= 11 is 0. The second kappa shape index (κ2) is 6.88. The Hall–Kier alpha value is -3.13. The zero-order valence-electron chi connectivity index (χ0n) is 16.2. The lowest BCUT2D eigenvalue weighted by atomic mass is 9.98.